The van der Waals surface area contributed by atoms with Crippen molar-refractivity contribution in [3.63, 3.8) is 0 Å². The Labute approximate surface area is 144 Å². The average molecular weight is 323 g/mol. The number of hydrogen-bond acceptors (Lipinski definition) is 3. The van der Waals surface area contributed by atoms with Crippen LogP contribution in [0.3, 0.4) is 0 Å². The number of carbonyl (C=O) groups excluding carboxylic acids is 1. The number of benzene rings is 1. The van der Waals surface area contributed by atoms with Gasteiger partial charge in [-0.2, -0.15) is 0 Å². The van der Waals surface area contributed by atoms with Gasteiger partial charge in [0, 0.05) is 32.4 Å². The van der Waals surface area contributed by atoms with Gasteiger partial charge in [0.25, 0.3) is 0 Å². The van der Waals surface area contributed by atoms with E-state index in [0.717, 1.165) is 37.6 Å². The lowest BCUT2D eigenvalue weighted by Crippen LogP contribution is -2.49. The summed E-state index contributed by atoms with van der Waals surface area (Å²) in [6.07, 6.45) is 2.30. The highest BCUT2D eigenvalue weighted by Gasteiger charge is 2.21. The molecule has 0 spiro atoms. The first-order chi connectivity index (χ1) is 11.6. The predicted octanol–water partition coefficient (Wildman–Crippen LogP) is 3.10. The van der Waals surface area contributed by atoms with Gasteiger partial charge in [-0.3, -0.25) is 4.79 Å². The van der Waals surface area contributed by atoms with Crippen LogP contribution in [0.1, 0.15) is 30.9 Å². The second-order valence-corrected chi connectivity index (χ2v) is 6.63. The Bertz CT molecular complexity index is 659. The first kappa shape index (κ1) is 16.5. The topological polar surface area (TPSA) is 36.4 Å². The van der Waals surface area contributed by atoms with Crippen LogP contribution in [-0.2, 0) is 11.2 Å². The molecule has 1 amide bonds. The summed E-state index contributed by atoms with van der Waals surface area (Å²) < 4.78 is 0. The van der Waals surface area contributed by atoms with Gasteiger partial charge in [-0.15, -0.1) is 0 Å². The van der Waals surface area contributed by atoms with Crippen LogP contribution in [0.4, 0.5) is 5.82 Å². The summed E-state index contributed by atoms with van der Waals surface area (Å²) in [5.41, 5.74) is 2.41. The van der Waals surface area contributed by atoms with E-state index >= 15 is 0 Å². The third-order valence-corrected chi connectivity index (χ3v) is 4.61. The van der Waals surface area contributed by atoms with Crippen LogP contribution in [0.2, 0.25) is 0 Å². The Morgan fingerprint density at radius 3 is 2.33 bits per heavy atom. The average Bonchev–Trinajstić information content (AvgIpc) is 2.63. The third-order valence-electron chi connectivity index (χ3n) is 4.61. The van der Waals surface area contributed by atoms with E-state index in [1.165, 1.54) is 5.56 Å². The maximum atomic E-state index is 12.5. The van der Waals surface area contributed by atoms with Crippen LogP contribution in [-0.4, -0.2) is 42.0 Å². The summed E-state index contributed by atoms with van der Waals surface area (Å²) in [5, 5.41) is 0. The number of hydrogen-bond donors (Lipinski definition) is 0. The summed E-state index contributed by atoms with van der Waals surface area (Å²) in [5.74, 6) is 1.73. The molecule has 1 aliphatic rings. The van der Waals surface area contributed by atoms with Crippen LogP contribution in [0.5, 0.6) is 0 Å². The van der Waals surface area contributed by atoms with Gasteiger partial charge in [0.15, 0.2) is 0 Å². The molecular weight excluding hydrogens is 298 g/mol. The summed E-state index contributed by atoms with van der Waals surface area (Å²) in [4.78, 5) is 21.1. The molecule has 1 saturated heterocycles. The van der Waals surface area contributed by atoms with Crippen molar-refractivity contribution in [1.29, 1.82) is 0 Å². The van der Waals surface area contributed by atoms with E-state index in [9.17, 15) is 4.79 Å². The molecule has 1 aromatic carbocycles. The lowest BCUT2D eigenvalue weighted by molar-refractivity contribution is -0.130. The lowest BCUT2D eigenvalue weighted by atomic mass is 10.0. The number of aromatic nitrogens is 1. The molecule has 1 aromatic heterocycles. The molecule has 24 heavy (non-hydrogen) atoms. The lowest BCUT2D eigenvalue weighted by Gasteiger charge is -2.35. The summed E-state index contributed by atoms with van der Waals surface area (Å²) in [6, 6.07) is 14.4. The minimum absolute atomic E-state index is 0.216. The van der Waals surface area contributed by atoms with E-state index in [4.69, 9.17) is 0 Å². The molecule has 2 aromatic rings. The van der Waals surface area contributed by atoms with Crippen molar-refractivity contribution in [3.05, 3.63) is 59.8 Å². The van der Waals surface area contributed by atoms with E-state index in [1.807, 2.05) is 29.3 Å². The van der Waals surface area contributed by atoms with Crippen molar-refractivity contribution in [1.82, 2.24) is 9.88 Å². The second kappa shape index (κ2) is 7.47. The molecule has 0 saturated carbocycles. The van der Waals surface area contributed by atoms with Crippen LogP contribution in [0.15, 0.2) is 48.7 Å². The molecule has 4 heteroatoms. The Morgan fingerprint density at radius 2 is 1.75 bits per heavy atom. The fraction of sp³-hybridized carbons (Fsp3) is 0.400. The molecule has 2 heterocycles. The number of nitrogens with zero attached hydrogens (tertiary/aromatic N) is 3. The third kappa shape index (κ3) is 3.94. The fourth-order valence-corrected chi connectivity index (χ4v) is 3.03. The second-order valence-electron chi connectivity index (χ2n) is 6.63. The molecule has 0 radical (unpaired) electrons. The molecular formula is C20H25N3O. The van der Waals surface area contributed by atoms with E-state index in [-0.39, 0.29) is 5.91 Å². The fourth-order valence-electron chi connectivity index (χ4n) is 3.03. The highest BCUT2D eigenvalue weighted by atomic mass is 16.2. The molecule has 1 aliphatic heterocycles. The first-order valence-electron chi connectivity index (χ1n) is 8.66. The number of anilines is 1. The molecule has 0 unspecified atom stereocenters. The SMILES string of the molecule is CC(C)c1ccc(CC(=O)N2CCN(c3ccccn3)CC2)cc1. The smallest absolute Gasteiger partial charge is 0.227 e. The molecule has 0 atom stereocenters. The zero-order chi connectivity index (χ0) is 16.9. The van der Waals surface area contributed by atoms with Crippen LogP contribution < -0.4 is 4.90 Å². The number of amides is 1. The van der Waals surface area contributed by atoms with Gasteiger partial charge in [-0.25, -0.2) is 4.98 Å². The standard InChI is InChI=1S/C20H25N3O/c1-16(2)18-8-6-17(7-9-18)15-20(24)23-13-11-22(12-14-23)19-5-3-4-10-21-19/h3-10,16H,11-15H2,1-2H3. The summed E-state index contributed by atoms with van der Waals surface area (Å²) in [6.45, 7) is 7.57. The Hall–Kier alpha value is -2.36. The highest BCUT2D eigenvalue weighted by Crippen LogP contribution is 2.16. The Morgan fingerprint density at radius 1 is 1.04 bits per heavy atom. The number of piperazine rings is 1. The molecule has 4 nitrogen and oxygen atoms in total. The van der Waals surface area contributed by atoms with Crippen molar-refractivity contribution < 1.29 is 4.79 Å². The molecule has 3 rings (SSSR count). The van der Waals surface area contributed by atoms with Gasteiger partial charge < -0.3 is 9.80 Å². The van der Waals surface area contributed by atoms with Gasteiger partial charge in [0.1, 0.15) is 5.82 Å². The van der Waals surface area contributed by atoms with Crippen LogP contribution >= 0.6 is 0 Å². The van der Waals surface area contributed by atoms with Gasteiger partial charge in [0.05, 0.1) is 6.42 Å². The number of carbonyl (C=O) groups is 1. The molecule has 1 fully saturated rings. The van der Waals surface area contributed by atoms with Crippen LogP contribution in [0, 0.1) is 0 Å². The quantitative estimate of drug-likeness (QED) is 0.867. The molecule has 0 N–H and O–H groups in total. The van der Waals surface area contributed by atoms with Crippen molar-refractivity contribution in [3.8, 4) is 0 Å². The summed E-state index contributed by atoms with van der Waals surface area (Å²) in [7, 11) is 0. The maximum absolute atomic E-state index is 12.5. The van der Waals surface area contributed by atoms with Gasteiger partial charge in [0.2, 0.25) is 5.91 Å². The zero-order valence-electron chi connectivity index (χ0n) is 14.5. The van der Waals surface area contributed by atoms with E-state index in [0.29, 0.717) is 12.3 Å². The van der Waals surface area contributed by atoms with Gasteiger partial charge in [-0.05, 0) is 29.2 Å². The number of pyridine rings is 1. The number of rotatable bonds is 4. The van der Waals surface area contributed by atoms with Crippen molar-refractivity contribution in [2.24, 2.45) is 0 Å². The van der Waals surface area contributed by atoms with Crippen molar-refractivity contribution in [2.45, 2.75) is 26.2 Å². The Balaban J connectivity index is 1.53. The summed E-state index contributed by atoms with van der Waals surface area (Å²) >= 11 is 0. The maximum Gasteiger partial charge on any atom is 0.227 e. The van der Waals surface area contributed by atoms with Crippen LogP contribution in [0.25, 0.3) is 0 Å². The minimum Gasteiger partial charge on any atom is -0.353 e. The van der Waals surface area contributed by atoms with Gasteiger partial charge in [-0.1, -0.05) is 44.2 Å². The molecule has 0 bridgehead atoms. The molecule has 0 aliphatic carbocycles. The first-order valence-corrected chi connectivity index (χ1v) is 8.66. The Kier molecular flexibility index (Phi) is 5.14. The normalized spacial score (nSPS) is 15.0. The monoisotopic (exact) mass is 323 g/mol. The zero-order valence-corrected chi connectivity index (χ0v) is 14.5. The highest BCUT2D eigenvalue weighted by molar-refractivity contribution is 5.79. The van der Waals surface area contributed by atoms with E-state index in [2.05, 4.69) is 48.0 Å². The minimum atomic E-state index is 0.216. The molecule has 126 valence electrons. The largest absolute Gasteiger partial charge is 0.353 e. The van der Waals surface area contributed by atoms with E-state index < -0.39 is 0 Å². The van der Waals surface area contributed by atoms with E-state index in [1.54, 1.807) is 0 Å². The van der Waals surface area contributed by atoms with Gasteiger partial charge >= 0.3 is 0 Å². The van der Waals surface area contributed by atoms with Crippen molar-refractivity contribution >= 4 is 11.7 Å². The van der Waals surface area contributed by atoms with Crippen molar-refractivity contribution in [2.75, 3.05) is 31.1 Å². The predicted molar refractivity (Wildman–Crippen MR) is 97.3 cm³/mol.